The van der Waals surface area contributed by atoms with Gasteiger partial charge in [-0.2, -0.15) is 0 Å². The molecule has 0 saturated carbocycles. The first-order valence-corrected chi connectivity index (χ1v) is 6.99. The average Bonchev–Trinajstić information content (AvgIpc) is 3.01. The maximum absolute atomic E-state index is 11.6. The molecule has 1 aromatic heterocycles. The van der Waals surface area contributed by atoms with E-state index in [1.54, 1.807) is 18.2 Å². The largest absolute Gasteiger partial charge is 0.472 e. The Hall–Kier alpha value is -1.98. The van der Waals surface area contributed by atoms with Crippen LogP contribution in [0.3, 0.4) is 0 Å². The number of halogens is 1. The quantitative estimate of drug-likeness (QED) is 0.768. The van der Waals surface area contributed by atoms with Crippen LogP contribution in [0.1, 0.15) is 23.7 Å². The molecule has 0 bridgehead atoms. The SMILES string of the molecule is O=C(NCC[C@@H](O)c1ccoc1)NCc1ccc(Cl)cc1. The van der Waals surface area contributed by atoms with E-state index in [-0.39, 0.29) is 6.03 Å². The maximum Gasteiger partial charge on any atom is 0.315 e. The van der Waals surface area contributed by atoms with Crippen molar-refractivity contribution in [2.24, 2.45) is 0 Å². The Morgan fingerprint density at radius 1 is 1.24 bits per heavy atom. The number of hydrogen-bond acceptors (Lipinski definition) is 3. The number of aliphatic hydroxyl groups is 1. The predicted octanol–water partition coefficient (Wildman–Crippen LogP) is 2.86. The fraction of sp³-hybridized carbons (Fsp3) is 0.267. The third kappa shape index (κ3) is 5.13. The lowest BCUT2D eigenvalue weighted by atomic mass is 10.1. The van der Waals surface area contributed by atoms with Crippen molar-refractivity contribution in [3.05, 3.63) is 59.0 Å². The molecular weight excluding hydrogens is 292 g/mol. The summed E-state index contributed by atoms with van der Waals surface area (Å²) < 4.78 is 4.89. The molecule has 1 atom stereocenters. The van der Waals surface area contributed by atoms with Crippen LogP contribution >= 0.6 is 11.6 Å². The van der Waals surface area contributed by atoms with Crippen LogP contribution < -0.4 is 10.6 Å². The molecule has 2 aromatic rings. The van der Waals surface area contributed by atoms with Crippen molar-refractivity contribution in [1.29, 1.82) is 0 Å². The molecule has 6 heteroatoms. The molecule has 0 aliphatic heterocycles. The van der Waals surface area contributed by atoms with Gasteiger partial charge in [-0.25, -0.2) is 4.79 Å². The minimum atomic E-state index is -0.639. The van der Waals surface area contributed by atoms with Crippen molar-refractivity contribution in [2.45, 2.75) is 19.1 Å². The van der Waals surface area contributed by atoms with Crippen molar-refractivity contribution in [3.63, 3.8) is 0 Å². The van der Waals surface area contributed by atoms with Crippen LogP contribution in [0.4, 0.5) is 4.79 Å². The summed E-state index contributed by atoms with van der Waals surface area (Å²) in [4.78, 5) is 11.6. The molecule has 0 aliphatic carbocycles. The monoisotopic (exact) mass is 308 g/mol. The average molecular weight is 309 g/mol. The third-order valence-electron chi connectivity index (χ3n) is 3.00. The molecule has 1 aromatic carbocycles. The Labute approximate surface area is 127 Å². The standard InChI is InChI=1S/C15H17ClN2O3/c16-13-3-1-11(2-4-13)9-18-15(20)17-7-5-14(19)12-6-8-21-10-12/h1-4,6,8,10,14,19H,5,7,9H2,(H2,17,18,20)/t14-/m1/s1. The van der Waals surface area contributed by atoms with Crippen LogP contribution in [0.25, 0.3) is 0 Å². The van der Waals surface area contributed by atoms with Crippen molar-refractivity contribution < 1.29 is 14.3 Å². The number of urea groups is 1. The minimum absolute atomic E-state index is 0.274. The summed E-state index contributed by atoms with van der Waals surface area (Å²) in [5.74, 6) is 0. The van der Waals surface area contributed by atoms with Crippen LogP contribution in [0.2, 0.25) is 5.02 Å². The number of carbonyl (C=O) groups excluding carboxylic acids is 1. The van der Waals surface area contributed by atoms with Crippen LogP contribution in [-0.4, -0.2) is 17.7 Å². The van der Waals surface area contributed by atoms with E-state index in [0.717, 1.165) is 5.56 Å². The molecule has 2 amide bonds. The zero-order valence-corrected chi connectivity index (χ0v) is 12.1. The normalized spacial score (nSPS) is 11.9. The Bertz CT molecular complexity index is 555. The fourth-order valence-corrected chi connectivity index (χ4v) is 1.93. The van der Waals surface area contributed by atoms with E-state index in [1.807, 2.05) is 12.1 Å². The van der Waals surface area contributed by atoms with Gasteiger partial charge in [-0.3, -0.25) is 0 Å². The maximum atomic E-state index is 11.6. The zero-order chi connectivity index (χ0) is 15.1. The van der Waals surface area contributed by atoms with E-state index < -0.39 is 6.10 Å². The van der Waals surface area contributed by atoms with E-state index in [1.165, 1.54) is 12.5 Å². The van der Waals surface area contributed by atoms with E-state index in [0.29, 0.717) is 30.1 Å². The van der Waals surface area contributed by atoms with E-state index >= 15 is 0 Å². The van der Waals surface area contributed by atoms with Gasteiger partial charge >= 0.3 is 6.03 Å². The molecule has 0 fully saturated rings. The molecule has 5 nitrogen and oxygen atoms in total. The number of carbonyl (C=O) groups is 1. The summed E-state index contributed by atoms with van der Waals surface area (Å²) in [7, 11) is 0. The molecule has 21 heavy (non-hydrogen) atoms. The molecule has 0 radical (unpaired) electrons. The Kier molecular flexibility index (Phi) is 5.66. The second-order valence-corrected chi connectivity index (χ2v) is 5.03. The van der Waals surface area contributed by atoms with Gasteiger partial charge in [0.25, 0.3) is 0 Å². The number of amides is 2. The first kappa shape index (κ1) is 15.4. The lowest BCUT2D eigenvalue weighted by Gasteiger charge is -2.10. The zero-order valence-electron chi connectivity index (χ0n) is 11.4. The molecule has 0 saturated heterocycles. The Morgan fingerprint density at radius 3 is 2.67 bits per heavy atom. The van der Waals surface area contributed by atoms with Crippen molar-refractivity contribution in [1.82, 2.24) is 10.6 Å². The lowest BCUT2D eigenvalue weighted by Crippen LogP contribution is -2.36. The van der Waals surface area contributed by atoms with Crippen LogP contribution in [0.15, 0.2) is 47.3 Å². The van der Waals surface area contributed by atoms with Gasteiger partial charge in [-0.05, 0) is 30.2 Å². The van der Waals surface area contributed by atoms with Gasteiger partial charge < -0.3 is 20.2 Å². The van der Waals surface area contributed by atoms with Gasteiger partial charge in [-0.1, -0.05) is 23.7 Å². The molecule has 3 N–H and O–H groups in total. The number of rotatable bonds is 6. The van der Waals surface area contributed by atoms with Crippen molar-refractivity contribution >= 4 is 17.6 Å². The van der Waals surface area contributed by atoms with Crippen molar-refractivity contribution in [3.8, 4) is 0 Å². The summed E-state index contributed by atoms with van der Waals surface area (Å²) in [6.07, 6.45) is 2.78. The molecular formula is C15H17ClN2O3. The van der Waals surface area contributed by atoms with Crippen LogP contribution in [0.5, 0.6) is 0 Å². The highest BCUT2D eigenvalue weighted by Crippen LogP contribution is 2.15. The van der Waals surface area contributed by atoms with Crippen LogP contribution in [0, 0.1) is 0 Å². The van der Waals surface area contributed by atoms with Gasteiger partial charge in [-0.15, -0.1) is 0 Å². The smallest absolute Gasteiger partial charge is 0.315 e. The van der Waals surface area contributed by atoms with Gasteiger partial charge in [0.2, 0.25) is 0 Å². The van der Waals surface area contributed by atoms with Gasteiger partial charge in [0.15, 0.2) is 0 Å². The van der Waals surface area contributed by atoms with E-state index in [2.05, 4.69) is 10.6 Å². The molecule has 2 rings (SSSR count). The highest BCUT2D eigenvalue weighted by molar-refractivity contribution is 6.30. The molecule has 0 spiro atoms. The third-order valence-corrected chi connectivity index (χ3v) is 3.25. The molecule has 1 heterocycles. The van der Waals surface area contributed by atoms with Gasteiger partial charge in [0.05, 0.1) is 18.6 Å². The number of benzene rings is 1. The number of hydrogen-bond donors (Lipinski definition) is 3. The molecule has 0 unspecified atom stereocenters. The fourth-order valence-electron chi connectivity index (χ4n) is 1.80. The van der Waals surface area contributed by atoms with Gasteiger partial charge in [0.1, 0.15) is 0 Å². The molecule has 0 aliphatic rings. The summed E-state index contributed by atoms with van der Waals surface area (Å²) in [5, 5.41) is 15.9. The van der Waals surface area contributed by atoms with Crippen LogP contribution in [-0.2, 0) is 6.54 Å². The minimum Gasteiger partial charge on any atom is -0.472 e. The van der Waals surface area contributed by atoms with E-state index in [9.17, 15) is 9.90 Å². The number of nitrogens with one attached hydrogen (secondary N) is 2. The highest BCUT2D eigenvalue weighted by atomic mass is 35.5. The Balaban J connectivity index is 1.64. The lowest BCUT2D eigenvalue weighted by molar-refractivity contribution is 0.166. The summed E-state index contributed by atoms with van der Waals surface area (Å²) in [6.45, 7) is 0.798. The predicted molar refractivity (Wildman–Crippen MR) is 80.0 cm³/mol. The van der Waals surface area contributed by atoms with Gasteiger partial charge in [0, 0.05) is 23.7 Å². The summed E-state index contributed by atoms with van der Waals surface area (Å²) in [5.41, 5.74) is 1.67. The topological polar surface area (TPSA) is 74.5 Å². The first-order chi connectivity index (χ1) is 10.1. The first-order valence-electron chi connectivity index (χ1n) is 6.61. The van der Waals surface area contributed by atoms with Crippen molar-refractivity contribution in [2.75, 3.05) is 6.54 Å². The number of furan rings is 1. The summed E-state index contributed by atoms with van der Waals surface area (Å²) in [6, 6.07) is 8.68. The Morgan fingerprint density at radius 2 is 2.00 bits per heavy atom. The second kappa shape index (κ2) is 7.71. The summed E-state index contributed by atoms with van der Waals surface area (Å²) >= 11 is 5.78. The van der Waals surface area contributed by atoms with E-state index in [4.69, 9.17) is 16.0 Å². The second-order valence-electron chi connectivity index (χ2n) is 4.60. The number of aliphatic hydroxyl groups excluding tert-OH is 1. The highest BCUT2D eigenvalue weighted by Gasteiger charge is 2.09. The molecule has 112 valence electrons.